The summed E-state index contributed by atoms with van der Waals surface area (Å²) in [4.78, 5) is 15.8. The van der Waals surface area contributed by atoms with Crippen molar-refractivity contribution >= 4 is 27.7 Å². The highest BCUT2D eigenvalue weighted by Crippen LogP contribution is 2.12. The van der Waals surface area contributed by atoms with Crippen molar-refractivity contribution in [2.24, 2.45) is 0 Å². The van der Waals surface area contributed by atoms with Crippen LogP contribution in [0.2, 0.25) is 0 Å². The first-order chi connectivity index (χ1) is 9.17. The van der Waals surface area contributed by atoms with E-state index in [4.69, 9.17) is 5.26 Å². The highest BCUT2D eigenvalue weighted by Gasteiger charge is 2.05. The molecular weight excluding hydrogens is 306 g/mol. The van der Waals surface area contributed by atoms with E-state index in [9.17, 15) is 4.79 Å². The number of nitrogens with one attached hydrogen (secondary N) is 1. The molecule has 94 valence electrons. The van der Waals surface area contributed by atoms with E-state index in [2.05, 4.69) is 26.2 Å². The molecule has 1 aromatic carbocycles. The zero-order valence-corrected chi connectivity index (χ0v) is 11.5. The first kappa shape index (κ1) is 13.2. The monoisotopic (exact) mass is 315 g/mol. The standard InChI is InChI=1S/C14H10BrN3O/c15-12-3-1-2-10(6-12)7-14(19)18-13-5-4-11(8-16)9-17-13/h1-6,9H,7H2,(H,17,18,19). The van der Waals surface area contributed by atoms with Crippen LogP contribution in [0, 0.1) is 11.3 Å². The van der Waals surface area contributed by atoms with Crippen LogP contribution in [0.1, 0.15) is 11.1 Å². The largest absolute Gasteiger partial charge is 0.310 e. The normalized spacial score (nSPS) is 9.68. The molecule has 0 unspecified atom stereocenters. The van der Waals surface area contributed by atoms with Gasteiger partial charge in [-0.25, -0.2) is 4.98 Å². The van der Waals surface area contributed by atoms with Crippen molar-refractivity contribution in [3.63, 3.8) is 0 Å². The van der Waals surface area contributed by atoms with Crippen LogP contribution in [0.3, 0.4) is 0 Å². The topological polar surface area (TPSA) is 65.8 Å². The second kappa shape index (κ2) is 6.12. The summed E-state index contributed by atoms with van der Waals surface area (Å²) >= 11 is 3.36. The zero-order valence-electron chi connectivity index (χ0n) is 9.93. The van der Waals surface area contributed by atoms with E-state index in [-0.39, 0.29) is 12.3 Å². The van der Waals surface area contributed by atoms with Gasteiger partial charge in [0, 0.05) is 10.7 Å². The Labute approximate surface area is 119 Å². The molecule has 1 N–H and O–H groups in total. The fraction of sp³-hybridized carbons (Fsp3) is 0.0714. The molecule has 4 nitrogen and oxygen atoms in total. The van der Waals surface area contributed by atoms with Gasteiger partial charge in [0.25, 0.3) is 0 Å². The van der Waals surface area contributed by atoms with Crippen LogP contribution in [0.25, 0.3) is 0 Å². The molecule has 5 heteroatoms. The molecule has 1 aromatic heterocycles. The van der Waals surface area contributed by atoms with E-state index in [0.717, 1.165) is 10.0 Å². The maximum absolute atomic E-state index is 11.8. The number of halogens is 1. The van der Waals surface area contributed by atoms with Crippen LogP contribution in [0.5, 0.6) is 0 Å². The minimum Gasteiger partial charge on any atom is -0.310 e. The molecule has 0 aliphatic carbocycles. The third kappa shape index (κ3) is 3.90. The number of benzene rings is 1. The molecule has 0 spiro atoms. The van der Waals surface area contributed by atoms with E-state index < -0.39 is 0 Å². The molecule has 0 radical (unpaired) electrons. The number of carbonyl (C=O) groups is 1. The van der Waals surface area contributed by atoms with Gasteiger partial charge in [-0.1, -0.05) is 28.1 Å². The van der Waals surface area contributed by atoms with E-state index in [1.165, 1.54) is 6.20 Å². The molecule has 0 atom stereocenters. The summed E-state index contributed by atoms with van der Waals surface area (Å²) in [5.74, 6) is 0.300. The summed E-state index contributed by atoms with van der Waals surface area (Å²) in [7, 11) is 0. The quantitative estimate of drug-likeness (QED) is 0.947. The highest BCUT2D eigenvalue weighted by molar-refractivity contribution is 9.10. The lowest BCUT2D eigenvalue weighted by Gasteiger charge is -2.04. The van der Waals surface area contributed by atoms with Gasteiger partial charge < -0.3 is 5.32 Å². The summed E-state index contributed by atoms with van der Waals surface area (Å²) in [6.45, 7) is 0. The summed E-state index contributed by atoms with van der Waals surface area (Å²) in [6.07, 6.45) is 1.70. The fourth-order valence-corrected chi connectivity index (χ4v) is 2.00. The van der Waals surface area contributed by atoms with E-state index >= 15 is 0 Å². The lowest BCUT2D eigenvalue weighted by molar-refractivity contribution is -0.115. The average molecular weight is 316 g/mol. The lowest BCUT2D eigenvalue weighted by Crippen LogP contribution is -2.15. The third-order valence-corrected chi connectivity index (χ3v) is 2.91. The van der Waals surface area contributed by atoms with Crippen molar-refractivity contribution in [1.29, 1.82) is 5.26 Å². The van der Waals surface area contributed by atoms with Crippen molar-refractivity contribution in [1.82, 2.24) is 4.98 Å². The maximum atomic E-state index is 11.8. The minimum absolute atomic E-state index is 0.143. The Morgan fingerprint density at radius 3 is 2.84 bits per heavy atom. The van der Waals surface area contributed by atoms with E-state index in [1.54, 1.807) is 12.1 Å². The minimum atomic E-state index is -0.143. The third-order valence-electron chi connectivity index (χ3n) is 2.41. The number of nitrogens with zero attached hydrogens (tertiary/aromatic N) is 2. The number of rotatable bonds is 3. The number of carbonyl (C=O) groups excluding carboxylic acids is 1. The van der Waals surface area contributed by atoms with Crippen molar-refractivity contribution in [3.05, 3.63) is 58.2 Å². The number of aromatic nitrogens is 1. The van der Waals surface area contributed by atoms with E-state index in [0.29, 0.717) is 11.4 Å². The van der Waals surface area contributed by atoms with Crippen LogP contribution < -0.4 is 5.32 Å². The number of pyridine rings is 1. The number of anilines is 1. The van der Waals surface area contributed by atoms with Crippen LogP contribution in [-0.4, -0.2) is 10.9 Å². The summed E-state index contributed by atoms with van der Waals surface area (Å²) < 4.78 is 0.939. The molecule has 0 aliphatic heterocycles. The second-order valence-electron chi connectivity index (χ2n) is 3.90. The van der Waals surface area contributed by atoms with Crippen molar-refractivity contribution < 1.29 is 4.79 Å². The first-order valence-electron chi connectivity index (χ1n) is 5.58. The summed E-state index contributed by atoms with van der Waals surface area (Å²) in [5, 5.41) is 11.3. The van der Waals surface area contributed by atoms with Gasteiger partial charge in [-0.15, -0.1) is 0 Å². The molecule has 2 rings (SSSR count). The first-order valence-corrected chi connectivity index (χ1v) is 6.37. The Hall–Kier alpha value is -2.19. The Morgan fingerprint density at radius 2 is 2.21 bits per heavy atom. The van der Waals surface area contributed by atoms with Gasteiger partial charge in [0.1, 0.15) is 11.9 Å². The SMILES string of the molecule is N#Cc1ccc(NC(=O)Cc2cccc(Br)c2)nc1. The van der Waals surface area contributed by atoms with Gasteiger partial charge in [-0.3, -0.25) is 4.79 Å². The van der Waals surface area contributed by atoms with Crippen LogP contribution in [-0.2, 0) is 11.2 Å². The van der Waals surface area contributed by atoms with Crippen LogP contribution >= 0.6 is 15.9 Å². The molecule has 1 heterocycles. The van der Waals surface area contributed by atoms with Gasteiger partial charge in [0.2, 0.25) is 5.91 Å². The second-order valence-corrected chi connectivity index (χ2v) is 4.81. The molecule has 19 heavy (non-hydrogen) atoms. The maximum Gasteiger partial charge on any atom is 0.229 e. The van der Waals surface area contributed by atoms with Crippen LogP contribution in [0.15, 0.2) is 47.1 Å². The van der Waals surface area contributed by atoms with Crippen molar-refractivity contribution in [3.8, 4) is 6.07 Å². The van der Waals surface area contributed by atoms with Gasteiger partial charge >= 0.3 is 0 Å². The molecule has 0 fully saturated rings. The number of hydrogen-bond acceptors (Lipinski definition) is 3. The molecular formula is C14H10BrN3O. The van der Waals surface area contributed by atoms with Crippen LogP contribution in [0.4, 0.5) is 5.82 Å². The highest BCUT2D eigenvalue weighted by atomic mass is 79.9. The zero-order chi connectivity index (χ0) is 13.7. The van der Waals surface area contributed by atoms with Crippen molar-refractivity contribution in [2.45, 2.75) is 6.42 Å². The smallest absolute Gasteiger partial charge is 0.229 e. The van der Waals surface area contributed by atoms with E-state index in [1.807, 2.05) is 30.3 Å². The Morgan fingerprint density at radius 1 is 1.37 bits per heavy atom. The predicted octanol–water partition coefficient (Wildman–Crippen LogP) is 2.90. The van der Waals surface area contributed by atoms with Crippen molar-refractivity contribution in [2.75, 3.05) is 5.32 Å². The number of amides is 1. The fourth-order valence-electron chi connectivity index (χ4n) is 1.55. The molecule has 2 aromatic rings. The Bertz CT molecular complexity index is 632. The summed E-state index contributed by atoms with van der Waals surface area (Å²) in [5.41, 5.74) is 1.38. The lowest BCUT2D eigenvalue weighted by atomic mass is 10.1. The predicted molar refractivity (Wildman–Crippen MR) is 75.4 cm³/mol. The molecule has 0 saturated heterocycles. The number of nitriles is 1. The molecule has 0 saturated carbocycles. The molecule has 0 aliphatic rings. The summed E-state index contributed by atoms with van der Waals surface area (Å²) in [6, 6.07) is 12.8. The van der Waals surface area contributed by atoms with Gasteiger partial charge in [-0.05, 0) is 29.8 Å². The Kier molecular flexibility index (Phi) is 4.26. The number of hydrogen-bond donors (Lipinski definition) is 1. The average Bonchev–Trinajstić information content (AvgIpc) is 2.39. The Balaban J connectivity index is 1.99. The molecule has 0 bridgehead atoms. The van der Waals surface area contributed by atoms with Gasteiger partial charge in [0.15, 0.2) is 0 Å². The molecule has 1 amide bonds. The van der Waals surface area contributed by atoms with Gasteiger partial charge in [-0.2, -0.15) is 5.26 Å². The van der Waals surface area contributed by atoms with Gasteiger partial charge in [0.05, 0.1) is 12.0 Å².